The molecule has 0 amide bonds. The van der Waals surface area contributed by atoms with Crippen molar-refractivity contribution in [1.82, 2.24) is 0 Å². The molecular weight excluding hydrogens is 997 g/mol. The summed E-state index contributed by atoms with van der Waals surface area (Å²) in [6, 6.07) is 0. The third kappa shape index (κ3) is 69.1. The summed E-state index contributed by atoms with van der Waals surface area (Å²) in [4.78, 5) is 38.4. The van der Waals surface area contributed by atoms with Crippen LogP contribution in [0.25, 0.3) is 0 Å². The summed E-state index contributed by atoms with van der Waals surface area (Å²) >= 11 is 0. The van der Waals surface area contributed by atoms with Gasteiger partial charge < -0.3 is 14.2 Å². The van der Waals surface area contributed by atoms with Crippen molar-refractivity contribution in [1.29, 1.82) is 0 Å². The molecule has 0 aromatic carbocycles. The van der Waals surface area contributed by atoms with Crippen LogP contribution in [0.4, 0.5) is 0 Å². The zero-order valence-corrected chi connectivity index (χ0v) is 55.6. The van der Waals surface area contributed by atoms with Gasteiger partial charge in [0.2, 0.25) is 0 Å². The number of carbonyl (C=O) groups is 3. The van der Waals surface area contributed by atoms with E-state index in [2.05, 4.69) is 20.8 Å². The lowest BCUT2D eigenvalue weighted by atomic mass is 10.0. The van der Waals surface area contributed by atoms with E-state index in [1.807, 2.05) is 0 Å². The SMILES string of the molecule is CCCCCCCCCCCCCCCCCCCCCCCCCCCCCCCCCC(=O)OCC(COC(=O)CCCCCCCCCCCCCC)OC(=O)CCCCCCCCCCCCCCCCCCCCCC. The Hall–Kier alpha value is -1.59. The first-order valence-electron chi connectivity index (χ1n) is 37.5. The van der Waals surface area contributed by atoms with Crippen LogP contribution in [0.2, 0.25) is 0 Å². The molecule has 0 saturated heterocycles. The van der Waals surface area contributed by atoms with E-state index in [1.54, 1.807) is 0 Å². The molecule has 6 heteroatoms. The smallest absolute Gasteiger partial charge is 0.306 e. The summed E-state index contributed by atoms with van der Waals surface area (Å²) in [6.07, 6.45) is 84.5. The number of ether oxygens (including phenoxy) is 3. The first kappa shape index (κ1) is 79.4. The monoisotopic (exact) mass is 1140 g/mol. The van der Waals surface area contributed by atoms with Gasteiger partial charge in [0.25, 0.3) is 0 Å². The molecule has 0 aromatic rings. The predicted molar refractivity (Wildman–Crippen MR) is 354 cm³/mol. The fourth-order valence-corrected chi connectivity index (χ4v) is 12.0. The first-order valence-corrected chi connectivity index (χ1v) is 37.5. The molecule has 0 heterocycles. The molecule has 482 valence electrons. The van der Waals surface area contributed by atoms with E-state index in [-0.39, 0.29) is 31.1 Å². The minimum Gasteiger partial charge on any atom is -0.462 e. The number of carbonyl (C=O) groups excluding carboxylic acids is 3. The lowest BCUT2D eigenvalue weighted by Gasteiger charge is -2.18. The van der Waals surface area contributed by atoms with Gasteiger partial charge in [0.05, 0.1) is 0 Å². The van der Waals surface area contributed by atoms with Crippen molar-refractivity contribution in [3.63, 3.8) is 0 Å². The van der Waals surface area contributed by atoms with Crippen molar-refractivity contribution < 1.29 is 28.6 Å². The fourth-order valence-electron chi connectivity index (χ4n) is 12.0. The van der Waals surface area contributed by atoms with E-state index >= 15 is 0 Å². The van der Waals surface area contributed by atoms with E-state index in [9.17, 15) is 14.4 Å². The van der Waals surface area contributed by atoms with Gasteiger partial charge in [-0.3, -0.25) is 14.4 Å². The highest BCUT2D eigenvalue weighted by Gasteiger charge is 2.20. The Bertz CT molecular complexity index is 1220. The van der Waals surface area contributed by atoms with Gasteiger partial charge in [-0.1, -0.05) is 406 Å². The molecule has 0 rings (SSSR count). The topological polar surface area (TPSA) is 78.9 Å². The van der Waals surface area contributed by atoms with E-state index < -0.39 is 6.10 Å². The summed E-state index contributed by atoms with van der Waals surface area (Å²) < 4.78 is 17.0. The number of hydrogen-bond donors (Lipinski definition) is 0. The quantitative estimate of drug-likeness (QED) is 0.0343. The van der Waals surface area contributed by atoms with Crippen molar-refractivity contribution in [2.24, 2.45) is 0 Å². The highest BCUT2D eigenvalue weighted by Crippen LogP contribution is 2.20. The van der Waals surface area contributed by atoms with Gasteiger partial charge in [-0.2, -0.15) is 0 Å². The Balaban J connectivity index is 4.08. The van der Waals surface area contributed by atoms with Gasteiger partial charge in [-0.15, -0.1) is 0 Å². The maximum Gasteiger partial charge on any atom is 0.306 e. The molecule has 1 unspecified atom stereocenters. The Morgan fingerprint density at radius 1 is 0.198 bits per heavy atom. The van der Waals surface area contributed by atoms with Crippen LogP contribution in [0.1, 0.15) is 445 Å². The maximum atomic E-state index is 12.9. The van der Waals surface area contributed by atoms with Crippen LogP contribution in [-0.4, -0.2) is 37.2 Å². The molecule has 1 atom stereocenters. The summed E-state index contributed by atoms with van der Waals surface area (Å²) in [6.45, 7) is 6.74. The normalized spacial score (nSPS) is 11.9. The molecule has 0 aromatic heterocycles. The van der Waals surface area contributed by atoms with E-state index in [1.165, 1.54) is 347 Å². The van der Waals surface area contributed by atoms with Gasteiger partial charge in [-0.25, -0.2) is 0 Å². The molecule has 0 aliphatic rings. The molecule has 0 aliphatic carbocycles. The summed E-state index contributed by atoms with van der Waals surface area (Å²) in [5.74, 6) is -0.820. The highest BCUT2D eigenvalue weighted by atomic mass is 16.6. The second-order valence-electron chi connectivity index (χ2n) is 25.9. The fraction of sp³-hybridized carbons (Fsp3) is 0.960. The molecule has 81 heavy (non-hydrogen) atoms. The van der Waals surface area contributed by atoms with Crippen LogP contribution in [0.3, 0.4) is 0 Å². The standard InChI is InChI=1S/C75H146O6/c1-4-7-10-13-16-19-22-25-27-29-31-33-34-35-36-37-38-39-40-41-42-43-45-46-48-50-53-56-59-62-65-68-74(77)80-71-72(70-79-73(76)67-64-61-58-55-52-24-21-18-15-12-9-6-3)81-75(78)69-66-63-60-57-54-51-49-47-44-32-30-28-26-23-20-17-14-11-8-5-2/h72H,4-71H2,1-3H3. The average Bonchev–Trinajstić information content (AvgIpc) is 3.47. The van der Waals surface area contributed by atoms with Crippen LogP contribution < -0.4 is 0 Å². The Kier molecular flexibility index (Phi) is 69.5. The van der Waals surface area contributed by atoms with Crippen molar-refractivity contribution >= 4 is 17.9 Å². The van der Waals surface area contributed by atoms with Crippen molar-refractivity contribution in [3.8, 4) is 0 Å². The Morgan fingerprint density at radius 3 is 0.494 bits per heavy atom. The van der Waals surface area contributed by atoms with Gasteiger partial charge in [0.1, 0.15) is 13.2 Å². The third-order valence-electron chi connectivity index (χ3n) is 17.6. The zero-order valence-electron chi connectivity index (χ0n) is 55.6. The van der Waals surface area contributed by atoms with Crippen LogP contribution in [0.5, 0.6) is 0 Å². The summed E-state index contributed by atoms with van der Waals surface area (Å²) in [7, 11) is 0. The van der Waals surface area contributed by atoms with Crippen LogP contribution in [0, 0.1) is 0 Å². The lowest BCUT2D eigenvalue weighted by molar-refractivity contribution is -0.167. The summed E-state index contributed by atoms with van der Waals surface area (Å²) in [5, 5.41) is 0. The number of esters is 3. The molecule has 0 radical (unpaired) electrons. The van der Waals surface area contributed by atoms with Gasteiger partial charge >= 0.3 is 17.9 Å². The maximum absolute atomic E-state index is 12.9. The molecule has 6 nitrogen and oxygen atoms in total. The molecule has 0 aliphatic heterocycles. The van der Waals surface area contributed by atoms with Gasteiger partial charge in [0.15, 0.2) is 6.10 Å². The molecular formula is C75H146O6. The van der Waals surface area contributed by atoms with Crippen molar-refractivity contribution in [2.75, 3.05) is 13.2 Å². The van der Waals surface area contributed by atoms with Crippen LogP contribution >= 0.6 is 0 Å². The lowest BCUT2D eigenvalue weighted by Crippen LogP contribution is -2.30. The van der Waals surface area contributed by atoms with Crippen molar-refractivity contribution in [3.05, 3.63) is 0 Å². The number of hydrogen-bond acceptors (Lipinski definition) is 6. The zero-order chi connectivity index (χ0) is 58.5. The number of unbranched alkanes of at least 4 members (excludes halogenated alkanes) is 60. The van der Waals surface area contributed by atoms with Gasteiger partial charge in [0, 0.05) is 19.3 Å². The minimum absolute atomic E-state index is 0.0602. The Morgan fingerprint density at radius 2 is 0.333 bits per heavy atom. The van der Waals surface area contributed by atoms with E-state index in [4.69, 9.17) is 14.2 Å². The van der Waals surface area contributed by atoms with Gasteiger partial charge in [-0.05, 0) is 19.3 Å². The molecule has 0 spiro atoms. The third-order valence-corrected chi connectivity index (χ3v) is 17.6. The van der Waals surface area contributed by atoms with E-state index in [0.29, 0.717) is 19.3 Å². The predicted octanol–water partition coefficient (Wildman–Crippen LogP) is 25.8. The second-order valence-corrected chi connectivity index (χ2v) is 25.9. The highest BCUT2D eigenvalue weighted by molar-refractivity contribution is 5.71. The van der Waals surface area contributed by atoms with Crippen LogP contribution in [-0.2, 0) is 28.6 Å². The second kappa shape index (κ2) is 70.9. The largest absolute Gasteiger partial charge is 0.462 e. The molecule has 0 bridgehead atoms. The molecule has 0 saturated carbocycles. The molecule has 0 N–H and O–H groups in total. The Labute approximate surface area is 508 Å². The van der Waals surface area contributed by atoms with E-state index in [0.717, 1.165) is 57.8 Å². The molecule has 0 fully saturated rings. The number of rotatable bonds is 71. The van der Waals surface area contributed by atoms with Crippen LogP contribution in [0.15, 0.2) is 0 Å². The average molecular weight is 1140 g/mol. The van der Waals surface area contributed by atoms with Crippen molar-refractivity contribution in [2.45, 2.75) is 451 Å². The minimum atomic E-state index is -0.763. The first-order chi connectivity index (χ1) is 40.0. The summed E-state index contributed by atoms with van der Waals surface area (Å²) in [5.41, 5.74) is 0.